The van der Waals surface area contributed by atoms with Gasteiger partial charge in [-0.05, 0) is 31.0 Å². The van der Waals surface area contributed by atoms with E-state index in [2.05, 4.69) is 30.2 Å². The van der Waals surface area contributed by atoms with Gasteiger partial charge in [-0.1, -0.05) is 21.3 Å². The molecule has 33 heavy (non-hydrogen) atoms. The van der Waals surface area contributed by atoms with Gasteiger partial charge in [0.2, 0.25) is 5.95 Å². The highest BCUT2D eigenvalue weighted by Gasteiger charge is 2.17. The van der Waals surface area contributed by atoms with Crippen molar-refractivity contribution in [2.75, 3.05) is 11.9 Å². The number of aromatic nitrogens is 6. The van der Waals surface area contributed by atoms with Crippen LogP contribution < -0.4 is 5.32 Å². The second-order valence-corrected chi connectivity index (χ2v) is 7.58. The molecule has 3 aromatic heterocycles. The molecular weight excluding hydrogens is 422 g/mol. The Labute approximate surface area is 191 Å². The molecule has 0 saturated carbocycles. The highest BCUT2D eigenvalue weighted by Crippen LogP contribution is 2.29. The van der Waals surface area contributed by atoms with Crippen molar-refractivity contribution >= 4 is 28.9 Å². The molecule has 2 N–H and O–H groups in total. The number of hydrogen-bond donors (Lipinski definition) is 2. The quantitative estimate of drug-likeness (QED) is 0.393. The van der Waals surface area contributed by atoms with E-state index < -0.39 is 6.09 Å². The van der Waals surface area contributed by atoms with Crippen LogP contribution in [-0.4, -0.2) is 48.0 Å². The van der Waals surface area contributed by atoms with Crippen molar-refractivity contribution in [1.29, 1.82) is 0 Å². The minimum Gasteiger partial charge on any atom is -0.450 e. The first-order valence-corrected chi connectivity index (χ1v) is 10.3. The van der Waals surface area contributed by atoms with Crippen LogP contribution in [0.25, 0.3) is 28.1 Å². The van der Waals surface area contributed by atoms with Crippen LogP contribution in [0.15, 0.2) is 43.1 Å². The normalized spacial score (nSPS) is 10.8. The zero-order valence-electron chi connectivity index (χ0n) is 18.0. The number of imidazole rings is 2. The van der Waals surface area contributed by atoms with Gasteiger partial charge in [0.05, 0.1) is 12.1 Å². The summed E-state index contributed by atoms with van der Waals surface area (Å²) in [7, 11) is 0. The molecule has 0 aliphatic carbocycles. The first kappa shape index (κ1) is 23.6. The summed E-state index contributed by atoms with van der Waals surface area (Å²) in [6.07, 6.45) is 6.42. The predicted molar refractivity (Wildman–Crippen MR) is 125 cm³/mol. The standard InChI is InChI=1S/C22H23N7O3.CH4/c1-4-32-22(31)28-21-26-16-10-14(29-11-17(25-12-29)18(30)8-13(2)3)9-15(19(16)27-21)20-23-6-5-7-24-20;/h5-7,9-13H,4,8H2,1-3H3,(H2,26,27,28,31);1H4. The number of ketones is 1. The van der Waals surface area contributed by atoms with Gasteiger partial charge in [-0.15, -0.1) is 0 Å². The van der Waals surface area contributed by atoms with Crippen LogP contribution in [0.1, 0.15) is 45.1 Å². The van der Waals surface area contributed by atoms with Crippen LogP contribution in [0, 0.1) is 5.92 Å². The Balaban J connectivity index is 0.00000306. The van der Waals surface area contributed by atoms with E-state index in [9.17, 15) is 9.59 Å². The number of anilines is 1. The summed E-state index contributed by atoms with van der Waals surface area (Å²) in [4.78, 5) is 44.7. The van der Waals surface area contributed by atoms with E-state index in [0.717, 1.165) is 5.69 Å². The van der Waals surface area contributed by atoms with Gasteiger partial charge in [-0.2, -0.15) is 0 Å². The number of hydrogen-bond acceptors (Lipinski definition) is 7. The van der Waals surface area contributed by atoms with Crippen molar-refractivity contribution in [3.05, 3.63) is 48.8 Å². The minimum atomic E-state index is -0.604. The molecule has 1 aromatic carbocycles. The maximum absolute atomic E-state index is 12.4. The van der Waals surface area contributed by atoms with Crippen LogP contribution in [0.5, 0.6) is 0 Å². The van der Waals surface area contributed by atoms with Gasteiger partial charge in [0.25, 0.3) is 0 Å². The molecular formula is C23H27N7O3. The molecule has 172 valence electrons. The number of fused-ring (bicyclic) bond motifs is 1. The molecule has 10 nitrogen and oxygen atoms in total. The van der Waals surface area contributed by atoms with E-state index in [-0.39, 0.29) is 31.7 Å². The lowest BCUT2D eigenvalue weighted by molar-refractivity contribution is 0.0963. The third-order valence-electron chi connectivity index (χ3n) is 4.63. The third-order valence-corrected chi connectivity index (χ3v) is 4.63. The number of carbonyl (C=O) groups is 2. The monoisotopic (exact) mass is 449 g/mol. The minimum absolute atomic E-state index is 0. The van der Waals surface area contributed by atoms with Crippen molar-refractivity contribution in [3.8, 4) is 17.1 Å². The number of carbonyl (C=O) groups excluding carboxylic acids is 2. The van der Waals surface area contributed by atoms with E-state index in [1.54, 1.807) is 42.5 Å². The molecule has 0 unspecified atom stereocenters. The lowest BCUT2D eigenvalue weighted by atomic mass is 10.1. The van der Waals surface area contributed by atoms with Crippen LogP contribution in [0.3, 0.4) is 0 Å². The third kappa shape index (κ3) is 5.22. The second-order valence-electron chi connectivity index (χ2n) is 7.58. The predicted octanol–water partition coefficient (Wildman–Crippen LogP) is 4.64. The van der Waals surface area contributed by atoms with E-state index in [4.69, 9.17) is 4.74 Å². The van der Waals surface area contributed by atoms with E-state index in [1.165, 1.54) is 0 Å². The molecule has 1 amide bonds. The van der Waals surface area contributed by atoms with Gasteiger partial charge in [0.1, 0.15) is 17.5 Å². The average molecular weight is 450 g/mol. The number of Topliss-reactive ketones (excluding diaryl/α,β-unsaturated/α-hetero) is 1. The highest BCUT2D eigenvalue weighted by molar-refractivity contribution is 5.96. The number of rotatable bonds is 7. The lowest BCUT2D eigenvalue weighted by Gasteiger charge is -2.06. The molecule has 0 saturated heterocycles. The second kappa shape index (κ2) is 10.0. The summed E-state index contributed by atoms with van der Waals surface area (Å²) in [5.41, 5.74) is 3.05. The SMILES string of the molecule is C.CCOC(=O)Nc1nc2c(-c3ncccn3)cc(-n3cnc(C(=O)CC(C)C)c3)cc2[nH]1. The Bertz CT molecular complexity index is 1260. The molecule has 0 radical (unpaired) electrons. The Hall–Kier alpha value is -4.08. The lowest BCUT2D eigenvalue weighted by Crippen LogP contribution is -2.14. The summed E-state index contributed by atoms with van der Waals surface area (Å²) in [5, 5.41) is 2.57. The van der Waals surface area contributed by atoms with Crippen molar-refractivity contribution in [2.24, 2.45) is 5.92 Å². The molecule has 0 aliphatic heterocycles. The maximum atomic E-state index is 12.4. The topological polar surface area (TPSA) is 128 Å². The Kier molecular flexibility index (Phi) is 7.17. The van der Waals surface area contributed by atoms with E-state index >= 15 is 0 Å². The molecule has 4 aromatic rings. The fourth-order valence-corrected chi connectivity index (χ4v) is 3.27. The number of H-pyrrole nitrogens is 1. The van der Waals surface area contributed by atoms with Gasteiger partial charge in [-0.3, -0.25) is 10.1 Å². The summed E-state index contributed by atoms with van der Waals surface area (Å²) in [6.45, 7) is 5.96. The van der Waals surface area contributed by atoms with Crippen molar-refractivity contribution in [2.45, 2.75) is 34.6 Å². The van der Waals surface area contributed by atoms with Gasteiger partial charge in [-0.25, -0.2) is 24.7 Å². The molecule has 10 heteroatoms. The van der Waals surface area contributed by atoms with Crippen LogP contribution in [0.2, 0.25) is 0 Å². The molecule has 3 heterocycles. The molecule has 0 spiro atoms. The number of nitrogens with zero attached hydrogens (tertiary/aromatic N) is 5. The number of amides is 1. The number of nitrogens with one attached hydrogen (secondary N) is 2. The van der Waals surface area contributed by atoms with Crippen LogP contribution >= 0.6 is 0 Å². The molecule has 4 rings (SSSR count). The number of ether oxygens (including phenoxy) is 1. The zero-order chi connectivity index (χ0) is 22.7. The fourth-order valence-electron chi connectivity index (χ4n) is 3.27. The molecule has 0 atom stereocenters. The fraction of sp³-hybridized carbons (Fsp3) is 0.304. The largest absolute Gasteiger partial charge is 0.450 e. The summed E-state index contributed by atoms with van der Waals surface area (Å²) in [5.74, 6) is 0.964. The van der Waals surface area contributed by atoms with Gasteiger partial charge >= 0.3 is 6.09 Å². The highest BCUT2D eigenvalue weighted by atomic mass is 16.5. The number of benzene rings is 1. The van der Waals surface area contributed by atoms with Gasteiger partial charge in [0.15, 0.2) is 11.6 Å². The smallest absolute Gasteiger partial charge is 0.413 e. The molecule has 0 fully saturated rings. The van der Waals surface area contributed by atoms with Crippen molar-refractivity contribution in [3.63, 3.8) is 0 Å². The van der Waals surface area contributed by atoms with Crippen LogP contribution in [-0.2, 0) is 4.74 Å². The average Bonchev–Trinajstić information content (AvgIpc) is 3.40. The number of aromatic amines is 1. The molecule has 0 bridgehead atoms. The summed E-state index contributed by atoms with van der Waals surface area (Å²) < 4.78 is 6.69. The van der Waals surface area contributed by atoms with E-state index in [1.807, 2.05) is 26.0 Å². The first-order valence-electron chi connectivity index (χ1n) is 10.3. The van der Waals surface area contributed by atoms with E-state index in [0.29, 0.717) is 34.5 Å². The van der Waals surface area contributed by atoms with Crippen LogP contribution in [0.4, 0.5) is 10.7 Å². The van der Waals surface area contributed by atoms with Gasteiger partial charge in [0, 0.05) is 36.3 Å². The van der Waals surface area contributed by atoms with Gasteiger partial charge < -0.3 is 14.3 Å². The Morgan fingerprint density at radius 3 is 2.64 bits per heavy atom. The molecule has 0 aliphatic rings. The summed E-state index contributed by atoms with van der Waals surface area (Å²) in [6, 6.07) is 5.44. The van der Waals surface area contributed by atoms with Crippen molar-refractivity contribution in [1.82, 2.24) is 29.5 Å². The maximum Gasteiger partial charge on any atom is 0.413 e. The van der Waals surface area contributed by atoms with Crippen molar-refractivity contribution < 1.29 is 14.3 Å². The zero-order valence-corrected chi connectivity index (χ0v) is 18.0. The Morgan fingerprint density at radius 1 is 1.18 bits per heavy atom. The summed E-state index contributed by atoms with van der Waals surface area (Å²) >= 11 is 0. The Morgan fingerprint density at radius 2 is 1.94 bits per heavy atom. The first-order chi connectivity index (χ1) is 15.4.